The zero-order valence-corrected chi connectivity index (χ0v) is 20.7. The molecule has 182 valence electrons. The van der Waals surface area contributed by atoms with Gasteiger partial charge in [-0.2, -0.15) is 4.31 Å². The summed E-state index contributed by atoms with van der Waals surface area (Å²) in [4.78, 5) is 15.3. The van der Waals surface area contributed by atoms with Crippen LogP contribution in [-0.4, -0.2) is 43.2 Å². The molecule has 0 N–H and O–H groups in total. The summed E-state index contributed by atoms with van der Waals surface area (Å²) in [5, 5.41) is 1.81. The van der Waals surface area contributed by atoms with Gasteiger partial charge in [-0.05, 0) is 53.4 Å². The maximum atomic E-state index is 13.6. The molecular formula is C28H30N2O4S. The van der Waals surface area contributed by atoms with Crippen LogP contribution in [0.1, 0.15) is 24.7 Å². The minimum Gasteiger partial charge on any atom is -0.467 e. The number of carbonyl (C=O) groups is 1. The lowest BCUT2D eigenvalue weighted by Crippen LogP contribution is -2.43. The van der Waals surface area contributed by atoms with E-state index < -0.39 is 10.0 Å². The summed E-state index contributed by atoms with van der Waals surface area (Å²) in [7, 11) is -3.85. The first kappa shape index (κ1) is 24.7. The standard InChI is InChI=1S/C28H30N2O4S/c1-2-17-30(35(32,33)27-15-14-24-11-6-7-12-25(24)20-27)22-28(31)29(21-26-13-8-19-34-26)18-16-23-9-4-3-5-10-23/h3-15,19-20H,2,16-18,21-22H2,1H3. The summed E-state index contributed by atoms with van der Waals surface area (Å²) < 4.78 is 33.9. The molecule has 0 aliphatic heterocycles. The van der Waals surface area contributed by atoms with E-state index in [4.69, 9.17) is 4.42 Å². The number of benzene rings is 3. The van der Waals surface area contributed by atoms with Crippen LogP contribution in [0.5, 0.6) is 0 Å². The maximum Gasteiger partial charge on any atom is 0.243 e. The Kier molecular flexibility index (Phi) is 8.00. The fraction of sp³-hybridized carbons (Fsp3) is 0.250. The lowest BCUT2D eigenvalue weighted by Gasteiger charge is -2.27. The van der Waals surface area contributed by atoms with Crippen molar-refractivity contribution in [2.24, 2.45) is 0 Å². The van der Waals surface area contributed by atoms with Crippen molar-refractivity contribution in [3.8, 4) is 0 Å². The SMILES string of the molecule is CCCN(CC(=O)N(CCc1ccccc1)Cc1ccco1)S(=O)(=O)c1ccc2ccccc2c1. The molecule has 1 aromatic heterocycles. The monoisotopic (exact) mass is 490 g/mol. The first-order chi connectivity index (χ1) is 17.0. The van der Waals surface area contributed by atoms with Crippen molar-refractivity contribution in [2.75, 3.05) is 19.6 Å². The molecule has 3 aromatic carbocycles. The number of furan rings is 1. The number of rotatable bonds is 11. The van der Waals surface area contributed by atoms with Crippen molar-refractivity contribution in [3.05, 3.63) is 103 Å². The van der Waals surface area contributed by atoms with Crippen molar-refractivity contribution >= 4 is 26.7 Å². The molecule has 4 aromatic rings. The summed E-state index contributed by atoms with van der Waals surface area (Å²) in [6.45, 7) is 2.68. The molecule has 35 heavy (non-hydrogen) atoms. The van der Waals surface area contributed by atoms with Gasteiger partial charge in [-0.25, -0.2) is 8.42 Å². The molecule has 0 bridgehead atoms. The molecule has 0 aliphatic carbocycles. The average molecular weight is 491 g/mol. The number of nitrogens with zero attached hydrogens (tertiary/aromatic N) is 2. The van der Waals surface area contributed by atoms with Gasteiger partial charge in [0.15, 0.2) is 0 Å². The quantitative estimate of drug-likeness (QED) is 0.293. The summed E-state index contributed by atoms with van der Waals surface area (Å²) in [5.41, 5.74) is 1.11. The fourth-order valence-electron chi connectivity index (χ4n) is 4.05. The first-order valence-electron chi connectivity index (χ1n) is 11.8. The van der Waals surface area contributed by atoms with Crippen molar-refractivity contribution in [2.45, 2.75) is 31.2 Å². The Labute approximate surface area is 206 Å². The first-order valence-corrected chi connectivity index (χ1v) is 13.2. The van der Waals surface area contributed by atoms with Gasteiger partial charge in [-0.1, -0.05) is 67.6 Å². The summed E-state index contributed by atoms with van der Waals surface area (Å²) in [5.74, 6) is 0.404. The predicted octanol–water partition coefficient (Wildman–Crippen LogP) is 5.11. The lowest BCUT2D eigenvalue weighted by molar-refractivity contribution is -0.132. The highest BCUT2D eigenvalue weighted by atomic mass is 32.2. The van der Waals surface area contributed by atoms with Crippen LogP contribution in [0, 0.1) is 0 Å². The maximum absolute atomic E-state index is 13.6. The average Bonchev–Trinajstić information content (AvgIpc) is 3.39. The van der Waals surface area contributed by atoms with Crippen LogP contribution in [0.25, 0.3) is 10.8 Å². The van der Waals surface area contributed by atoms with Gasteiger partial charge in [0.05, 0.1) is 24.2 Å². The van der Waals surface area contributed by atoms with E-state index in [9.17, 15) is 13.2 Å². The zero-order chi connectivity index (χ0) is 24.7. The van der Waals surface area contributed by atoms with Crippen LogP contribution in [0.2, 0.25) is 0 Å². The Balaban J connectivity index is 1.55. The highest BCUT2D eigenvalue weighted by molar-refractivity contribution is 7.89. The number of sulfonamides is 1. The van der Waals surface area contributed by atoms with Crippen LogP contribution < -0.4 is 0 Å². The van der Waals surface area contributed by atoms with E-state index >= 15 is 0 Å². The molecule has 1 amide bonds. The number of fused-ring (bicyclic) bond motifs is 1. The zero-order valence-electron chi connectivity index (χ0n) is 19.8. The minimum absolute atomic E-state index is 0.194. The molecule has 0 radical (unpaired) electrons. The van der Waals surface area contributed by atoms with Crippen molar-refractivity contribution < 1.29 is 17.6 Å². The van der Waals surface area contributed by atoms with Gasteiger partial charge in [0.25, 0.3) is 0 Å². The van der Waals surface area contributed by atoms with Gasteiger partial charge in [-0.3, -0.25) is 4.79 Å². The highest BCUT2D eigenvalue weighted by Crippen LogP contribution is 2.22. The van der Waals surface area contributed by atoms with Crippen molar-refractivity contribution in [1.82, 2.24) is 9.21 Å². The number of carbonyl (C=O) groups excluding carboxylic acids is 1. The Morgan fingerprint density at radius 1 is 0.857 bits per heavy atom. The third kappa shape index (κ3) is 6.18. The fourth-order valence-corrected chi connectivity index (χ4v) is 5.57. The Morgan fingerprint density at radius 2 is 1.60 bits per heavy atom. The van der Waals surface area contributed by atoms with Crippen molar-refractivity contribution in [3.63, 3.8) is 0 Å². The Hall–Kier alpha value is -3.42. The molecule has 4 rings (SSSR count). The van der Waals surface area contributed by atoms with E-state index in [1.807, 2.05) is 67.6 Å². The molecule has 1 heterocycles. The van der Waals surface area contributed by atoms with Gasteiger partial charge in [0.2, 0.25) is 15.9 Å². The van der Waals surface area contributed by atoms with Gasteiger partial charge in [0, 0.05) is 13.1 Å². The molecule has 7 heteroatoms. The van der Waals surface area contributed by atoms with Gasteiger partial charge < -0.3 is 9.32 Å². The van der Waals surface area contributed by atoms with Crippen LogP contribution >= 0.6 is 0 Å². The molecule has 0 saturated carbocycles. The smallest absolute Gasteiger partial charge is 0.243 e. The van der Waals surface area contributed by atoms with E-state index in [1.54, 1.807) is 35.4 Å². The number of hydrogen-bond acceptors (Lipinski definition) is 4. The van der Waals surface area contributed by atoms with E-state index in [-0.39, 0.29) is 30.4 Å². The third-order valence-corrected chi connectivity index (χ3v) is 7.78. The second-order valence-electron chi connectivity index (χ2n) is 8.48. The summed E-state index contributed by atoms with van der Waals surface area (Å²) in [6, 6.07) is 26.2. The van der Waals surface area contributed by atoms with E-state index in [2.05, 4.69) is 0 Å². The van der Waals surface area contributed by atoms with Crippen LogP contribution in [-0.2, 0) is 27.8 Å². The van der Waals surface area contributed by atoms with Crippen LogP contribution in [0.4, 0.5) is 0 Å². The normalized spacial score (nSPS) is 11.7. The second kappa shape index (κ2) is 11.3. The molecular weight excluding hydrogens is 460 g/mol. The predicted molar refractivity (Wildman–Crippen MR) is 137 cm³/mol. The van der Waals surface area contributed by atoms with Crippen LogP contribution in [0.15, 0.2) is 101 Å². The van der Waals surface area contributed by atoms with Crippen molar-refractivity contribution in [1.29, 1.82) is 0 Å². The van der Waals surface area contributed by atoms with Gasteiger partial charge in [0.1, 0.15) is 5.76 Å². The number of amides is 1. The Morgan fingerprint density at radius 3 is 2.31 bits per heavy atom. The lowest BCUT2D eigenvalue weighted by atomic mass is 10.1. The molecule has 0 atom stereocenters. The van der Waals surface area contributed by atoms with E-state index in [0.29, 0.717) is 25.1 Å². The molecule has 0 fully saturated rings. The van der Waals surface area contributed by atoms with Crippen LogP contribution in [0.3, 0.4) is 0 Å². The summed E-state index contributed by atoms with van der Waals surface area (Å²) >= 11 is 0. The topological polar surface area (TPSA) is 70.8 Å². The minimum atomic E-state index is -3.85. The Bertz CT molecular complexity index is 1350. The molecule has 0 spiro atoms. The van der Waals surface area contributed by atoms with Gasteiger partial charge >= 0.3 is 0 Å². The molecule has 6 nitrogen and oxygen atoms in total. The molecule has 0 unspecified atom stereocenters. The third-order valence-electron chi connectivity index (χ3n) is 5.94. The summed E-state index contributed by atoms with van der Waals surface area (Å²) in [6.07, 6.45) is 2.84. The second-order valence-corrected chi connectivity index (χ2v) is 10.4. The molecule has 0 saturated heterocycles. The molecule has 0 aliphatic rings. The number of hydrogen-bond donors (Lipinski definition) is 0. The van der Waals surface area contributed by atoms with E-state index in [1.165, 1.54) is 4.31 Å². The van der Waals surface area contributed by atoms with E-state index in [0.717, 1.165) is 16.3 Å². The highest BCUT2D eigenvalue weighted by Gasteiger charge is 2.28. The van der Waals surface area contributed by atoms with Gasteiger partial charge in [-0.15, -0.1) is 0 Å². The largest absolute Gasteiger partial charge is 0.467 e.